The summed E-state index contributed by atoms with van der Waals surface area (Å²) >= 11 is 0. The highest BCUT2D eigenvalue weighted by Gasteiger charge is 2.22. The van der Waals surface area contributed by atoms with Crippen LogP contribution >= 0.6 is 0 Å². The molecule has 2 aromatic carbocycles. The molecule has 0 radical (unpaired) electrons. The number of nitrogens with one attached hydrogen (secondary N) is 1. The van der Waals surface area contributed by atoms with E-state index < -0.39 is 0 Å². The summed E-state index contributed by atoms with van der Waals surface area (Å²) < 4.78 is 0. The van der Waals surface area contributed by atoms with Gasteiger partial charge < -0.3 is 5.32 Å². The molecule has 1 saturated heterocycles. The number of rotatable bonds is 4. The van der Waals surface area contributed by atoms with Crippen molar-refractivity contribution in [3.63, 3.8) is 0 Å². The van der Waals surface area contributed by atoms with Gasteiger partial charge in [-0.3, -0.25) is 9.88 Å². The fourth-order valence-corrected chi connectivity index (χ4v) is 3.63. The molecule has 0 unspecified atom stereocenters. The number of aryl methyl sites for hydroxylation is 1. The lowest BCUT2D eigenvalue weighted by atomic mass is 10.1. The van der Waals surface area contributed by atoms with Gasteiger partial charge in [0.2, 0.25) is 0 Å². The Balaban J connectivity index is 1.43. The van der Waals surface area contributed by atoms with Gasteiger partial charge in [0.1, 0.15) is 0 Å². The van der Waals surface area contributed by atoms with E-state index in [2.05, 4.69) is 70.7 Å². The molecule has 3 heteroatoms. The zero-order valence-corrected chi connectivity index (χ0v) is 14.1. The van der Waals surface area contributed by atoms with E-state index >= 15 is 0 Å². The fourth-order valence-electron chi connectivity index (χ4n) is 3.63. The molecule has 1 atom stereocenters. The molecule has 1 N–H and O–H groups in total. The zero-order valence-electron chi connectivity index (χ0n) is 14.1. The molecule has 2 heterocycles. The number of pyridine rings is 1. The molecular formula is C21H23N3. The quantitative estimate of drug-likeness (QED) is 0.780. The van der Waals surface area contributed by atoms with Gasteiger partial charge in [-0.25, -0.2) is 0 Å². The Morgan fingerprint density at radius 3 is 3.00 bits per heavy atom. The van der Waals surface area contributed by atoms with Crippen molar-refractivity contribution in [2.75, 3.05) is 18.4 Å². The van der Waals surface area contributed by atoms with Crippen molar-refractivity contribution in [1.29, 1.82) is 0 Å². The highest BCUT2D eigenvalue weighted by atomic mass is 15.2. The van der Waals surface area contributed by atoms with Gasteiger partial charge in [0.15, 0.2) is 0 Å². The van der Waals surface area contributed by atoms with Crippen LogP contribution in [0.15, 0.2) is 60.9 Å². The number of hydrogen-bond acceptors (Lipinski definition) is 3. The highest BCUT2D eigenvalue weighted by Crippen LogP contribution is 2.25. The first kappa shape index (κ1) is 15.2. The van der Waals surface area contributed by atoms with Crippen LogP contribution in [0.4, 0.5) is 5.69 Å². The molecule has 1 aliphatic rings. The molecule has 0 aliphatic carbocycles. The third-order valence-electron chi connectivity index (χ3n) is 4.80. The van der Waals surface area contributed by atoms with Crippen LogP contribution in [0.25, 0.3) is 10.8 Å². The van der Waals surface area contributed by atoms with Crippen molar-refractivity contribution >= 4 is 16.5 Å². The van der Waals surface area contributed by atoms with Crippen LogP contribution in [0.5, 0.6) is 0 Å². The lowest BCUT2D eigenvalue weighted by molar-refractivity contribution is 0.328. The predicted molar refractivity (Wildman–Crippen MR) is 100 cm³/mol. The van der Waals surface area contributed by atoms with Crippen molar-refractivity contribution < 1.29 is 0 Å². The molecule has 1 aliphatic heterocycles. The molecule has 3 nitrogen and oxygen atoms in total. The molecule has 0 saturated carbocycles. The second kappa shape index (κ2) is 6.62. The maximum Gasteiger partial charge on any atom is 0.0423 e. The van der Waals surface area contributed by atoms with Crippen LogP contribution < -0.4 is 5.32 Å². The molecule has 24 heavy (non-hydrogen) atoms. The van der Waals surface area contributed by atoms with Crippen LogP contribution in [-0.2, 0) is 6.54 Å². The first-order chi connectivity index (χ1) is 11.8. The lowest BCUT2D eigenvalue weighted by Crippen LogP contribution is -2.26. The van der Waals surface area contributed by atoms with Crippen LogP contribution in [0.1, 0.15) is 17.5 Å². The van der Waals surface area contributed by atoms with Gasteiger partial charge in [-0.1, -0.05) is 42.0 Å². The average Bonchev–Trinajstić information content (AvgIpc) is 3.02. The summed E-state index contributed by atoms with van der Waals surface area (Å²) in [6, 6.07) is 17.8. The molecule has 0 bridgehead atoms. The minimum Gasteiger partial charge on any atom is -0.380 e. The summed E-state index contributed by atoms with van der Waals surface area (Å²) in [6.07, 6.45) is 4.98. The minimum absolute atomic E-state index is 0.508. The molecule has 122 valence electrons. The fraction of sp³-hybridized carbons (Fsp3) is 0.286. The third-order valence-corrected chi connectivity index (χ3v) is 4.80. The van der Waals surface area contributed by atoms with E-state index in [0.29, 0.717) is 6.04 Å². The van der Waals surface area contributed by atoms with Crippen molar-refractivity contribution in [3.8, 4) is 0 Å². The number of nitrogens with zero attached hydrogens (tertiary/aromatic N) is 2. The SMILES string of the molecule is Cc1cccc(CN2CC[C@@H](Nc3cccc4cnccc34)C2)c1. The summed E-state index contributed by atoms with van der Waals surface area (Å²) in [5.41, 5.74) is 3.97. The standard InChI is InChI=1S/C21H23N3/c1-16-4-2-5-17(12-16)14-24-11-9-19(15-24)23-21-7-3-6-18-13-22-10-8-20(18)21/h2-8,10,12-13,19,23H,9,11,14-15H2,1H3/t19-/m1/s1. The number of aromatic nitrogens is 1. The maximum atomic E-state index is 4.22. The Bertz CT molecular complexity index is 838. The zero-order chi connectivity index (χ0) is 16.4. The largest absolute Gasteiger partial charge is 0.380 e. The smallest absolute Gasteiger partial charge is 0.0423 e. The highest BCUT2D eigenvalue weighted by molar-refractivity contribution is 5.93. The molecular weight excluding hydrogens is 294 g/mol. The molecule has 4 rings (SSSR count). The first-order valence-electron chi connectivity index (χ1n) is 8.65. The summed E-state index contributed by atoms with van der Waals surface area (Å²) in [5, 5.41) is 6.19. The van der Waals surface area contributed by atoms with Crippen LogP contribution in [0.2, 0.25) is 0 Å². The number of anilines is 1. The second-order valence-corrected chi connectivity index (χ2v) is 6.76. The van der Waals surface area contributed by atoms with Gasteiger partial charge in [0.05, 0.1) is 0 Å². The Labute approximate surface area is 143 Å². The number of hydrogen-bond donors (Lipinski definition) is 1. The molecule has 0 amide bonds. The molecule has 1 fully saturated rings. The van der Waals surface area contributed by atoms with E-state index in [4.69, 9.17) is 0 Å². The van der Waals surface area contributed by atoms with Crippen molar-refractivity contribution in [2.24, 2.45) is 0 Å². The first-order valence-corrected chi connectivity index (χ1v) is 8.65. The monoisotopic (exact) mass is 317 g/mol. The van der Waals surface area contributed by atoms with E-state index in [-0.39, 0.29) is 0 Å². The summed E-state index contributed by atoms with van der Waals surface area (Å²) in [4.78, 5) is 6.76. The Morgan fingerprint density at radius 2 is 2.08 bits per heavy atom. The van der Waals surface area contributed by atoms with Crippen LogP contribution in [0, 0.1) is 6.92 Å². The van der Waals surface area contributed by atoms with Crippen molar-refractivity contribution in [2.45, 2.75) is 25.9 Å². The van der Waals surface area contributed by atoms with E-state index in [1.165, 1.54) is 34.0 Å². The van der Waals surface area contributed by atoms with E-state index in [1.54, 1.807) is 0 Å². The average molecular weight is 317 g/mol. The van der Waals surface area contributed by atoms with Gasteiger partial charge >= 0.3 is 0 Å². The Morgan fingerprint density at radius 1 is 1.17 bits per heavy atom. The number of benzene rings is 2. The molecule has 1 aromatic heterocycles. The summed E-state index contributed by atoms with van der Waals surface area (Å²) in [6.45, 7) is 5.44. The van der Waals surface area contributed by atoms with Gasteiger partial charge in [-0.15, -0.1) is 0 Å². The number of likely N-dealkylation sites (tertiary alicyclic amines) is 1. The van der Waals surface area contributed by atoms with E-state index in [1.807, 2.05) is 12.4 Å². The van der Waals surface area contributed by atoms with Gasteiger partial charge in [-0.2, -0.15) is 0 Å². The lowest BCUT2D eigenvalue weighted by Gasteiger charge is -2.18. The summed E-state index contributed by atoms with van der Waals surface area (Å²) in [7, 11) is 0. The maximum absolute atomic E-state index is 4.22. The van der Waals surface area contributed by atoms with E-state index in [9.17, 15) is 0 Å². The van der Waals surface area contributed by atoms with Gasteiger partial charge in [-0.05, 0) is 31.0 Å². The van der Waals surface area contributed by atoms with Crippen LogP contribution in [-0.4, -0.2) is 29.0 Å². The second-order valence-electron chi connectivity index (χ2n) is 6.76. The Kier molecular flexibility index (Phi) is 4.18. The third kappa shape index (κ3) is 3.26. The van der Waals surface area contributed by atoms with Gasteiger partial charge in [0.25, 0.3) is 0 Å². The number of fused-ring (bicyclic) bond motifs is 1. The van der Waals surface area contributed by atoms with E-state index in [0.717, 1.165) is 19.6 Å². The van der Waals surface area contributed by atoms with Gasteiger partial charge in [0, 0.05) is 54.5 Å². The Hall–Kier alpha value is -2.39. The molecule has 0 spiro atoms. The topological polar surface area (TPSA) is 28.2 Å². The summed E-state index contributed by atoms with van der Waals surface area (Å²) in [5.74, 6) is 0. The van der Waals surface area contributed by atoms with Crippen LogP contribution in [0.3, 0.4) is 0 Å². The molecule has 3 aromatic rings. The van der Waals surface area contributed by atoms with Crippen molar-refractivity contribution in [1.82, 2.24) is 9.88 Å². The van der Waals surface area contributed by atoms with Crippen molar-refractivity contribution in [3.05, 3.63) is 72.1 Å². The minimum atomic E-state index is 0.508. The normalized spacial score (nSPS) is 18.1. The predicted octanol–water partition coefficient (Wildman–Crippen LogP) is 4.23.